The monoisotopic (exact) mass is 193 g/mol. The molecule has 0 aromatic heterocycles. The van der Waals surface area contributed by atoms with E-state index < -0.39 is 11.4 Å². The fourth-order valence-electron chi connectivity index (χ4n) is 1.42. The number of hydrogen-bond donors (Lipinski definition) is 1. The van der Waals surface area contributed by atoms with E-state index >= 15 is 0 Å². The molecule has 0 spiro atoms. The highest BCUT2D eigenvalue weighted by Crippen LogP contribution is 2.39. The highest BCUT2D eigenvalue weighted by molar-refractivity contribution is 5.79. The maximum absolute atomic E-state index is 11.1. The van der Waals surface area contributed by atoms with E-state index in [2.05, 4.69) is 4.99 Å². The molecule has 0 bridgehead atoms. The Kier molecular flexibility index (Phi) is 2.68. The van der Waals surface area contributed by atoms with Crippen molar-refractivity contribution in [3.63, 3.8) is 0 Å². The molecule has 0 aromatic rings. The molecular formula is C10H11NO3. The molecule has 0 fully saturated rings. The Morgan fingerprint density at radius 1 is 1.71 bits per heavy atom. The zero-order valence-corrected chi connectivity index (χ0v) is 8.02. The predicted molar refractivity (Wildman–Crippen MR) is 50.3 cm³/mol. The maximum atomic E-state index is 11.1. The number of nitrogens with zero attached hydrogens (tertiary/aromatic N) is 1. The smallest absolute Gasteiger partial charge is 0.316 e. The second kappa shape index (κ2) is 3.60. The molecule has 0 amide bonds. The SMILES string of the molecule is CC1C=CC=C(N=C=O)C1(C)C(=O)O. The number of carbonyl (C=O) groups excluding carboxylic acids is 1. The Balaban J connectivity index is 3.24. The van der Waals surface area contributed by atoms with Crippen LogP contribution >= 0.6 is 0 Å². The Morgan fingerprint density at radius 2 is 2.36 bits per heavy atom. The summed E-state index contributed by atoms with van der Waals surface area (Å²) in [5.74, 6) is -1.18. The molecule has 1 aliphatic carbocycles. The van der Waals surface area contributed by atoms with Gasteiger partial charge in [-0.2, -0.15) is 4.99 Å². The summed E-state index contributed by atoms with van der Waals surface area (Å²) in [4.78, 5) is 24.7. The van der Waals surface area contributed by atoms with Gasteiger partial charge in [0.15, 0.2) is 0 Å². The molecule has 4 nitrogen and oxygen atoms in total. The Labute approximate surface area is 81.7 Å². The van der Waals surface area contributed by atoms with Crippen LogP contribution in [0.4, 0.5) is 0 Å². The van der Waals surface area contributed by atoms with Crippen LogP contribution in [-0.2, 0) is 9.59 Å². The number of carbonyl (C=O) groups is 1. The maximum Gasteiger partial charge on any atom is 0.316 e. The number of rotatable bonds is 2. The van der Waals surface area contributed by atoms with Gasteiger partial charge >= 0.3 is 5.97 Å². The number of carboxylic acid groups (broad SMARTS) is 1. The molecule has 2 unspecified atom stereocenters. The van der Waals surface area contributed by atoms with Gasteiger partial charge in [-0.1, -0.05) is 19.1 Å². The van der Waals surface area contributed by atoms with E-state index in [-0.39, 0.29) is 11.6 Å². The lowest BCUT2D eigenvalue weighted by Crippen LogP contribution is -2.36. The zero-order chi connectivity index (χ0) is 10.8. The van der Waals surface area contributed by atoms with Crippen molar-refractivity contribution in [1.29, 1.82) is 0 Å². The van der Waals surface area contributed by atoms with Gasteiger partial charge in [-0.05, 0) is 18.9 Å². The van der Waals surface area contributed by atoms with E-state index in [4.69, 9.17) is 5.11 Å². The van der Waals surface area contributed by atoms with Crippen LogP contribution in [0.2, 0.25) is 0 Å². The van der Waals surface area contributed by atoms with Crippen LogP contribution in [0, 0.1) is 11.3 Å². The van der Waals surface area contributed by atoms with Gasteiger partial charge in [0.25, 0.3) is 0 Å². The van der Waals surface area contributed by atoms with Crippen LogP contribution in [0.1, 0.15) is 13.8 Å². The van der Waals surface area contributed by atoms with Crippen molar-refractivity contribution in [3.05, 3.63) is 23.9 Å². The first-order chi connectivity index (χ1) is 6.53. The van der Waals surface area contributed by atoms with E-state index in [0.29, 0.717) is 0 Å². The van der Waals surface area contributed by atoms with Gasteiger partial charge < -0.3 is 5.11 Å². The molecule has 74 valence electrons. The van der Waals surface area contributed by atoms with Gasteiger partial charge in [0.2, 0.25) is 6.08 Å². The molecule has 0 radical (unpaired) electrons. The van der Waals surface area contributed by atoms with Crippen molar-refractivity contribution in [2.75, 3.05) is 0 Å². The van der Waals surface area contributed by atoms with Gasteiger partial charge in [-0.25, -0.2) is 4.79 Å². The first-order valence-electron chi connectivity index (χ1n) is 4.23. The zero-order valence-electron chi connectivity index (χ0n) is 8.02. The molecule has 0 aromatic carbocycles. The van der Waals surface area contributed by atoms with Crippen LogP contribution in [0.5, 0.6) is 0 Å². The van der Waals surface area contributed by atoms with Crippen molar-refractivity contribution in [3.8, 4) is 0 Å². The molecule has 1 N–H and O–H groups in total. The van der Waals surface area contributed by atoms with E-state index in [1.165, 1.54) is 12.2 Å². The third kappa shape index (κ3) is 1.40. The molecule has 14 heavy (non-hydrogen) atoms. The molecule has 0 saturated heterocycles. The first kappa shape index (κ1) is 10.4. The summed E-state index contributed by atoms with van der Waals surface area (Å²) in [5.41, 5.74) is -0.887. The number of isocyanates is 1. The quantitative estimate of drug-likeness (QED) is 0.533. The lowest BCUT2D eigenvalue weighted by atomic mass is 9.73. The van der Waals surface area contributed by atoms with E-state index in [1.54, 1.807) is 26.0 Å². The molecule has 2 atom stereocenters. The van der Waals surface area contributed by atoms with Crippen molar-refractivity contribution < 1.29 is 14.7 Å². The normalized spacial score (nSPS) is 30.4. The highest BCUT2D eigenvalue weighted by Gasteiger charge is 2.43. The Hall–Kier alpha value is -1.67. The van der Waals surface area contributed by atoms with Crippen LogP contribution < -0.4 is 0 Å². The predicted octanol–water partition coefficient (Wildman–Crippen LogP) is 1.50. The molecule has 0 aliphatic heterocycles. The Morgan fingerprint density at radius 3 is 2.86 bits per heavy atom. The van der Waals surface area contributed by atoms with Crippen LogP contribution in [0.25, 0.3) is 0 Å². The van der Waals surface area contributed by atoms with E-state index in [1.807, 2.05) is 0 Å². The van der Waals surface area contributed by atoms with Crippen molar-refractivity contribution in [2.45, 2.75) is 13.8 Å². The van der Waals surface area contributed by atoms with Crippen molar-refractivity contribution >= 4 is 12.0 Å². The summed E-state index contributed by atoms with van der Waals surface area (Å²) < 4.78 is 0. The summed E-state index contributed by atoms with van der Waals surface area (Å²) in [6.45, 7) is 3.33. The number of allylic oxidation sites excluding steroid dienone is 3. The largest absolute Gasteiger partial charge is 0.481 e. The number of carboxylic acids is 1. The van der Waals surface area contributed by atoms with E-state index in [0.717, 1.165) is 0 Å². The van der Waals surface area contributed by atoms with Crippen LogP contribution in [0.3, 0.4) is 0 Å². The number of hydrogen-bond acceptors (Lipinski definition) is 3. The fourth-order valence-corrected chi connectivity index (χ4v) is 1.42. The molecular weight excluding hydrogens is 182 g/mol. The topological polar surface area (TPSA) is 66.7 Å². The Bertz CT molecular complexity index is 364. The summed E-state index contributed by atoms with van der Waals surface area (Å²) in [5, 5.41) is 9.10. The third-order valence-corrected chi connectivity index (χ3v) is 2.71. The summed E-state index contributed by atoms with van der Waals surface area (Å²) in [6.07, 6.45) is 6.38. The van der Waals surface area contributed by atoms with Gasteiger partial charge in [0.1, 0.15) is 5.41 Å². The standard InChI is InChI=1S/C10H11NO3/c1-7-4-3-5-8(11-6-12)10(7,2)9(13)14/h3-5,7H,1-2H3,(H,13,14). The summed E-state index contributed by atoms with van der Waals surface area (Å²) in [7, 11) is 0. The van der Waals surface area contributed by atoms with Gasteiger partial charge in [0, 0.05) is 0 Å². The van der Waals surface area contributed by atoms with Crippen molar-refractivity contribution in [1.82, 2.24) is 0 Å². The molecule has 1 aliphatic rings. The van der Waals surface area contributed by atoms with Crippen molar-refractivity contribution in [2.24, 2.45) is 16.3 Å². The minimum atomic E-state index is -1.13. The molecule has 0 saturated carbocycles. The molecule has 4 heteroatoms. The lowest BCUT2D eigenvalue weighted by Gasteiger charge is -2.31. The van der Waals surface area contributed by atoms with Crippen LogP contribution in [0.15, 0.2) is 28.9 Å². The van der Waals surface area contributed by atoms with Gasteiger partial charge in [-0.3, -0.25) is 4.79 Å². The average Bonchev–Trinajstić information content (AvgIpc) is 2.13. The lowest BCUT2D eigenvalue weighted by molar-refractivity contribution is -0.147. The molecule has 0 heterocycles. The average molecular weight is 193 g/mol. The third-order valence-electron chi connectivity index (χ3n) is 2.71. The highest BCUT2D eigenvalue weighted by atomic mass is 16.4. The number of aliphatic imine (C=N–C) groups is 1. The van der Waals surface area contributed by atoms with Crippen LogP contribution in [-0.4, -0.2) is 17.2 Å². The van der Waals surface area contributed by atoms with E-state index in [9.17, 15) is 9.59 Å². The molecule has 1 rings (SSSR count). The second-order valence-corrected chi connectivity index (χ2v) is 3.44. The van der Waals surface area contributed by atoms with Gasteiger partial charge in [-0.15, -0.1) is 0 Å². The summed E-state index contributed by atoms with van der Waals surface area (Å²) >= 11 is 0. The second-order valence-electron chi connectivity index (χ2n) is 3.44. The van der Waals surface area contributed by atoms with Gasteiger partial charge in [0.05, 0.1) is 5.70 Å². The fraction of sp³-hybridized carbons (Fsp3) is 0.400. The minimum Gasteiger partial charge on any atom is -0.481 e. The number of aliphatic carboxylic acids is 1. The minimum absolute atomic E-state index is 0.197. The first-order valence-corrected chi connectivity index (χ1v) is 4.23. The summed E-state index contributed by atoms with van der Waals surface area (Å²) in [6, 6.07) is 0.